The van der Waals surface area contributed by atoms with Gasteiger partial charge < -0.3 is 15.2 Å². The van der Waals surface area contributed by atoms with Crippen molar-refractivity contribution >= 4 is 0 Å². The topological polar surface area (TPSA) is 41.5 Å². The van der Waals surface area contributed by atoms with Crippen molar-refractivity contribution in [1.29, 1.82) is 0 Å². The normalized spacial score (nSPS) is 12.6. The van der Waals surface area contributed by atoms with Gasteiger partial charge in [-0.15, -0.1) is 0 Å². The summed E-state index contributed by atoms with van der Waals surface area (Å²) in [4.78, 5) is 0. The Hall–Kier alpha value is -1.13. The number of nitrogens with one attached hydrogen (secondary N) is 1. The minimum atomic E-state index is -0.387. The zero-order valence-corrected chi connectivity index (χ0v) is 11.1. The molecule has 0 saturated heterocycles. The SMILES string of the molecule is CCCCOCCNC(C)c1ccc(O)cc1F. The van der Waals surface area contributed by atoms with Crippen molar-refractivity contribution in [2.45, 2.75) is 32.7 Å². The van der Waals surface area contributed by atoms with Crippen LogP contribution < -0.4 is 5.32 Å². The molecule has 0 radical (unpaired) electrons. The van der Waals surface area contributed by atoms with E-state index in [4.69, 9.17) is 9.84 Å². The summed E-state index contributed by atoms with van der Waals surface area (Å²) in [6.45, 7) is 6.11. The number of phenols is 1. The molecule has 0 aromatic heterocycles. The summed E-state index contributed by atoms with van der Waals surface area (Å²) in [5.41, 5.74) is 0.557. The summed E-state index contributed by atoms with van der Waals surface area (Å²) in [5, 5.41) is 12.3. The van der Waals surface area contributed by atoms with E-state index < -0.39 is 0 Å². The van der Waals surface area contributed by atoms with Gasteiger partial charge in [-0.3, -0.25) is 0 Å². The molecule has 0 saturated carbocycles. The van der Waals surface area contributed by atoms with Gasteiger partial charge in [0.2, 0.25) is 0 Å². The van der Waals surface area contributed by atoms with Crippen LogP contribution >= 0.6 is 0 Å². The first-order chi connectivity index (χ1) is 8.65. The van der Waals surface area contributed by atoms with Crippen molar-refractivity contribution in [3.63, 3.8) is 0 Å². The van der Waals surface area contributed by atoms with E-state index >= 15 is 0 Å². The lowest BCUT2D eigenvalue weighted by Gasteiger charge is -2.15. The average Bonchev–Trinajstić information content (AvgIpc) is 2.33. The summed E-state index contributed by atoms with van der Waals surface area (Å²) in [6.07, 6.45) is 2.20. The van der Waals surface area contributed by atoms with Crippen LogP contribution in [0.5, 0.6) is 5.75 Å². The van der Waals surface area contributed by atoms with Gasteiger partial charge in [-0.1, -0.05) is 19.4 Å². The molecule has 18 heavy (non-hydrogen) atoms. The van der Waals surface area contributed by atoms with Crippen molar-refractivity contribution in [3.05, 3.63) is 29.6 Å². The molecule has 0 fully saturated rings. The number of phenolic OH excluding ortho intramolecular Hbond substituents is 1. The van der Waals surface area contributed by atoms with Gasteiger partial charge in [-0.25, -0.2) is 4.39 Å². The molecule has 0 amide bonds. The molecule has 0 bridgehead atoms. The highest BCUT2D eigenvalue weighted by Crippen LogP contribution is 2.20. The molecule has 1 rings (SSSR count). The fraction of sp³-hybridized carbons (Fsp3) is 0.571. The second-order valence-electron chi connectivity index (χ2n) is 4.35. The second-order valence-corrected chi connectivity index (χ2v) is 4.35. The molecule has 102 valence electrons. The third-order valence-electron chi connectivity index (χ3n) is 2.79. The standard InChI is InChI=1S/C14H22FNO2/c1-3-4-8-18-9-7-16-11(2)13-6-5-12(17)10-14(13)15/h5-6,10-11,16-17H,3-4,7-9H2,1-2H3. The van der Waals surface area contributed by atoms with Crippen molar-refractivity contribution < 1.29 is 14.2 Å². The summed E-state index contributed by atoms with van der Waals surface area (Å²) in [5.74, 6) is -0.437. The van der Waals surface area contributed by atoms with Gasteiger partial charge in [0.25, 0.3) is 0 Å². The molecule has 4 heteroatoms. The lowest BCUT2D eigenvalue weighted by Crippen LogP contribution is -2.24. The van der Waals surface area contributed by atoms with E-state index in [2.05, 4.69) is 12.2 Å². The first kappa shape index (κ1) is 14.9. The second kappa shape index (κ2) is 8.06. The molecular weight excluding hydrogens is 233 g/mol. The number of benzene rings is 1. The highest BCUT2D eigenvalue weighted by Gasteiger charge is 2.10. The Balaban J connectivity index is 2.29. The van der Waals surface area contributed by atoms with E-state index in [0.29, 0.717) is 18.7 Å². The van der Waals surface area contributed by atoms with E-state index in [0.717, 1.165) is 25.5 Å². The molecule has 1 atom stereocenters. The molecule has 1 unspecified atom stereocenters. The Morgan fingerprint density at radius 2 is 2.17 bits per heavy atom. The number of aromatic hydroxyl groups is 1. The summed E-state index contributed by atoms with van der Waals surface area (Å²) >= 11 is 0. The third kappa shape index (κ3) is 5.02. The fourth-order valence-corrected chi connectivity index (χ4v) is 1.67. The summed E-state index contributed by atoms with van der Waals surface area (Å²) < 4.78 is 19.0. The summed E-state index contributed by atoms with van der Waals surface area (Å²) in [7, 11) is 0. The first-order valence-corrected chi connectivity index (χ1v) is 6.44. The minimum Gasteiger partial charge on any atom is -0.508 e. The Morgan fingerprint density at radius 1 is 1.39 bits per heavy atom. The van der Waals surface area contributed by atoms with Crippen LogP contribution in [0, 0.1) is 5.82 Å². The molecule has 0 heterocycles. The van der Waals surface area contributed by atoms with Gasteiger partial charge in [0.1, 0.15) is 11.6 Å². The molecule has 0 aliphatic carbocycles. The molecule has 1 aromatic carbocycles. The number of rotatable bonds is 8. The van der Waals surface area contributed by atoms with E-state index in [1.54, 1.807) is 6.07 Å². The predicted octanol–water partition coefficient (Wildman–Crippen LogP) is 3.00. The van der Waals surface area contributed by atoms with E-state index in [1.807, 2.05) is 6.92 Å². The molecule has 1 aromatic rings. The van der Waals surface area contributed by atoms with Crippen molar-refractivity contribution in [1.82, 2.24) is 5.32 Å². The zero-order chi connectivity index (χ0) is 13.4. The fourth-order valence-electron chi connectivity index (χ4n) is 1.67. The van der Waals surface area contributed by atoms with Gasteiger partial charge in [0.05, 0.1) is 6.61 Å². The molecular formula is C14H22FNO2. The van der Waals surface area contributed by atoms with Gasteiger partial charge in [-0.05, 0) is 19.4 Å². The maximum atomic E-state index is 13.5. The highest BCUT2D eigenvalue weighted by atomic mass is 19.1. The maximum Gasteiger partial charge on any atom is 0.131 e. The monoisotopic (exact) mass is 255 g/mol. The number of halogens is 1. The predicted molar refractivity (Wildman–Crippen MR) is 70.2 cm³/mol. The van der Waals surface area contributed by atoms with Crippen molar-refractivity contribution in [2.75, 3.05) is 19.8 Å². The van der Waals surface area contributed by atoms with Crippen LogP contribution in [-0.2, 0) is 4.74 Å². The van der Waals surface area contributed by atoms with Crippen LogP contribution in [0.15, 0.2) is 18.2 Å². The molecule has 3 nitrogen and oxygen atoms in total. The Morgan fingerprint density at radius 3 is 2.83 bits per heavy atom. The number of unbranched alkanes of at least 4 members (excludes halogenated alkanes) is 1. The Labute approximate surface area is 108 Å². The van der Waals surface area contributed by atoms with Gasteiger partial charge in [0.15, 0.2) is 0 Å². The van der Waals surface area contributed by atoms with E-state index in [9.17, 15) is 4.39 Å². The lowest BCUT2D eigenvalue weighted by atomic mass is 10.1. The Bertz CT molecular complexity index is 358. The molecule has 2 N–H and O–H groups in total. The van der Waals surface area contributed by atoms with Gasteiger partial charge >= 0.3 is 0 Å². The molecule has 0 aliphatic heterocycles. The largest absolute Gasteiger partial charge is 0.508 e. The zero-order valence-electron chi connectivity index (χ0n) is 11.1. The first-order valence-electron chi connectivity index (χ1n) is 6.44. The number of hydrogen-bond acceptors (Lipinski definition) is 3. The van der Waals surface area contributed by atoms with E-state index in [1.165, 1.54) is 6.07 Å². The van der Waals surface area contributed by atoms with Crippen LogP contribution in [0.3, 0.4) is 0 Å². The third-order valence-corrected chi connectivity index (χ3v) is 2.79. The quantitative estimate of drug-likeness (QED) is 0.702. The number of hydrogen-bond donors (Lipinski definition) is 2. The smallest absolute Gasteiger partial charge is 0.131 e. The van der Waals surface area contributed by atoms with Crippen LogP contribution in [0.1, 0.15) is 38.3 Å². The molecule has 0 spiro atoms. The van der Waals surface area contributed by atoms with E-state index in [-0.39, 0.29) is 17.6 Å². The molecule has 0 aliphatic rings. The van der Waals surface area contributed by atoms with Crippen LogP contribution in [-0.4, -0.2) is 24.9 Å². The minimum absolute atomic E-state index is 0.0497. The van der Waals surface area contributed by atoms with Crippen LogP contribution in [0.25, 0.3) is 0 Å². The van der Waals surface area contributed by atoms with Gasteiger partial charge in [-0.2, -0.15) is 0 Å². The number of ether oxygens (including phenoxy) is 1. The lowest BCUT2D eigenvalue weighted by molar-refractivity contribution is 0.131. The maximum absolute atomic E-state index is 13.5. The van der Waals surface area contributed by atoms with Crippen LogP contribution in [0.4, 0.5) is 4.39 Å². The van der Waals surface area contributed by atoms with Crippen LogP contribution in [0.2, 0.25) is 0 Å². The Kier molecular flexibility index (Phi) is 6.68. The van der Waals surface area contributed by atoms with Crippen molar-refractivity contribution in [2.24, 2.45) is 0 Å². The van der Waals surface area contributed by atoms with Crippen molar-refractivity contribution in [3.8, 4) is 5.75 Å². The average molecular weight is 255 g/mol. The highest BCUT2D eigenvalue weighted by molar-refractivity contribution is 5.29. The van der Waals surface area contributed by atoms with Gasteiger partial charge in [0, 0.05) is 30.8 Å². The summed E-state index contributed by atoms with van der Waals surface area (Å²) in [6, 6.07) is 4.13.